The SMILES string of the molecule is CCCCC(CC)C(=O)N(CC)CC(=O)Nc1cc(C(C)(C)C)nn1-c1cccc(C)c1. The number of unbranched alkanes of at least 4 members (excludes halogenated alkanes) is 1. The first-order valence-electron chi connectivity index (χ1n) is 11.9. The van der Waals surface area contributed by atoms with E-state index in [2.05, 4.69) is 33.0 Å². The maximum atomic E-state index is 13.0. The summed E-state index contributed by atoms with van der Waals surface area (Å²) < 4.78 is 1.78. The van der Waals surface area contributed by atoms with E-state index in [4.69, 9.17) is 5.10 Å². The van der Waals surface area contributed by atoms with E-state index >= 15 is 0 Å². The third-order valence-corrected chi connectivity index (χ3v) is 5.77. The molecule has 1 N–H and O–H groups in total. The van der Waals surface area contributed by atoms with E-state index in [9.17, 15) is 9.59 Å². The summed E-state index contributed by atoms with van der Waals surface area (Å²) in [7, 11) is 0. The number of likely N-dealkylation sites (N-methyl/N-ethyl adjacent to an activating group) is 1. The van der Waals surface area contributed by atoms with Gasteiger partial charge in [0.15, 0.2) is 0 Å². The number of aromatic nitrogens is 2. The molecule has 1 aromatic heterocycles. The Morgan fingerprint density at radius 3 is 2.44 bits per heavy atom. The molecule has 0 radical (unpaired) electrons. The molecule has 0 spiro atoms. The fourth-order valence-electron chi connectivity index (χ4n) is 3.71. The molecule has 6 nitrogen and oxygen atoms in total. The van der Waals surface area contributed by atoms with Crippen molar-refractivity contribution >= 4 is 17.6 Å². The number of nitrogens with zero attached hydrogens (tertiary/aromatic N) is 3. The van der Waals surface area contributed by atoms with Gasteiger partial charge in [-0.2, -0.15) is 5.10 Å². The van der Waals surface area contributed by atoms with Crippen molar-refractivity contribution in [1.29, 1.82) is 0 Å². The lowest BCUT2D eigenvalue weighted by atomic mass is 9.92. The third kappa shape index (κ3) is 6.68. The third-order valence-electron chi connectivity index (χ3n) is 5.77. The van der Waals surface area contributed by atoms with Crippen LogP contribution < -0.4 is 5.32 Å². The van der Waals surface area contributed by atoms with Crippen LogP contribution in [0.4, 0.5) is 5.82 Å². The molecule has 1 unspecified atom stereocenters. The molecule has 1 atom stereocenters. The number of nitrogens with one attached hydrogen (secondary N) is 1. The Morgan fingerprint density at radius 1 is 1.16 bits per heavy atom. The molecule has 1 heterocycles. The van der Waals surface area contributed by atoms with Gasteiger partial charge in [0, 0.05) is 23.9 Å². The van der Waals surface area contributed by atoms with Gasteiger partial charge in [-0.05, 0) is 44.4 Å². The maximum absolute atomic E-state index is 13.0. The second-order valence-electron chi connectivity index (χ2n) is 9.56. The number of carbonyl (C=O) groups excluding carboxylic acids is 2. The predicted octanol–water partition coefficient (Wildman–Crippen LogP) is 5.48. The van der Waals surface area contributed by atoms with E-state index in [1.807, 2.05) is 51.1 Å². The second-order valence-corrected chi connectivity index (χ2v) is 9.56. The molecule has 6 heteroatoms. The summed E-state index contributed by atoms with van der Waals surface area (Å²) >= 11 is 0. The van der Waals surface area contributed by atoms with Crippen LogP contribution in [0, 0.1) is 12.8 Å². The van der Waals surface area contributed by atoms with Crippen LogP contribution in [0.2, 0.25) is 0 Å². The summed E-state index contributed by atoms with van der Waals surface area (Å²) in [6.45, 7) is 15.0. The van der Waals surface area contributed by atoms with E-state index in [0.29, 0.717) is 12.4 Å². The average molecular weight is 441 g/mol. The largest absolute Gasteiger partial charge is 0.333 e. The molecule has 2 aromatic rings. The lowest BCUT2D eigenvalue weighted by molar-refractivity contribution is -0.138. The van der Waals surface area contributed by atoms with Gasteiger partial charge in [0.25, 0.3) is 0 Å². The van der Waals surface area contributed by atoms with Gasteiger partial charge in [0.05, 0.1) is 17.9 Å². The Hall–Kier alpha value is -2.63. The zero-order chi connectivity index (χ0) is 23.9. The van der Waals surface area contributed by atoms with Crippen molar-refractivity contribution < 1.29 is 9.59 Å². The van der Waals surface area contributed by atoms with Crippen molar-refractivity contribution in [3.05, 3.63) is 41.6 Å². The topological polar surface area (TPSA) is 67.2 Å². The van der Waals surface area contributed by atoms with Crippen LogP contribution in [0.1, 0.15) is 78.5 Å². The van der Waals surface area contributed by atoms with Crippen LogP contribution >= 0.6 is 0 Å². The maximum Gasteiger partial charge on any atom is 0.245 e. The first-order valence-corrected chi connectivity index (χ1v) is 11.9. The Bertz CT molecular complexity index is 911. The van der Waals surface area contributed by atoms with Crippen molar-refractivity contribution in [2.45, 2.75) is 79.6 Å². The van der Waals surface area contributed by atoms with Gasteiger partial charge in [-0.3, -0.25) is 9.59 Å². The molecule has 0 saturated heterocycles. The smallest absolute Gasteiger partial charge is 0.245 e. The number of amides is 2. The van der Waals surface area contributed by atoms with Gasteiger partial charge in [0.2, 0.25) is 11.8 Å². The zero-order valence-electron chi connectivity index (χ0n) is 20.9. The van der Waals surface area contributed by atoms with Crippen LogP contribution in [0.25, 0.3) is 5.69 Å². The molecule has 0 aliphatic carbocycles. The molecule has 0 saturated carbocycles. The number of benzene rings is 1. The number of hydrogen-bond donors (Lipinski definition) is 1. The first-order chi connectivity index (χ1) is 15.1. The van der Waals surface area contributed by atoms with Crippen LogP contribution in [0.3, 0.4) is 0 Å². The van der Waals surface area contributed by atoms with Crippen molar-refractivity contribution in [1.82, 2.24) is 14.7 Å². The summed E-state index contributed by atoms with van der Waals surface area (Å²) in [6, 6.07) is 9.95. The minimum absolute atomic E-state index is 0.0204. The highest BCUT2D eigenvalue weighted by molar-refractivity contribution is 5.94. The molecule has 1 aromatic carbocycles. The minimum atomic E-state index is -0.209. The van der Waals surface area contributed by atoms with Gasteiger partial charge in [0.1, 0.15) is 5.82 Å². The van der Waals surface area contributed by atoms with Gasteiger partial charge >= 0.3 is 0 Å². The van der Waals surface area contributed by atoms with Crippen LogP contribution in [-0.2, 0) is 15.0 Å². The van der Waals surface area contributed by atoms with E-state index < -0.39 is 0 Å². The average Bonchev–Trinajstić information content (AvgIpc) is 3.16. The highest BCUT2D eigenvalue weighted by Crippen LogP contribution is 2.26. The standard InChI is InChI=1S/C26H40N4O2/c1-8-11-14-20(9-2)25(32)29(10-3)18-24(31)27-23-17-22(26(5,6)7)28-30(23)21-15-12-13-19(4)16-21/h12-13,15-17,20H,8-11,14,18H2,1-7H3,(H,27,31). The zero-order valence-corrected chi connectivity index (χ0v) is 20.9. The quantitative estimate of drug-likeness (QED) is 0.532. The summed E-state index contributed by atoms with van der Waals surface area (Å²) in [5.74, 6) is 0.459. The van der Waals surface area contributed by atoms with Gasteiger partial charge in [-0.15, -0.1) is 0 Å². The monoisotopic (exact) mass is 440 g/mol. The molecule has 0 bridgehead atoms. The molecular weight excluding hydrogens is 400 g/mol. The number of carbonyl (C=O) groups is 2. The molecule has 32 heavy (non-hydrogen) atoms. The molecular formula is C26H40N4O2. The highest BCUT2D eigenvalue weighted by atomic mass is 16.2. The van der Waals surface area contributed by atoms with E-state index in [1.165, 1.54) is 0 Å². The normalized spacial score (nSPS) is 12.5. The lowest BCUT2D eigenvalue weighted by Gasteiger charge is -2.25. The van der Waals surface area contributed by atoms with Crippen LogP contribution in [0.5, 0.6) is 0 Å². The lowest BCUT2D eigenvalue weighted by Crippen LogP contribution is -2.41. The fourth-order valence-corrected chi connectivity index (χ4v) is 3.71. The number of rotatable bonds is 10. The Kier molecular flexibility index (Phi) is 9.05. The van der Waals surface area contributed by atoms with Crippen LogP contribution in [-0.4, -0.2) is 39.6 Å². The van der Waals surface area contributed by atoms with Crippen molar-refractivity contribution in [3.8, 4) is 5.69 Å². The van der Waals surface area contributed by atoms with E-state index in [-0.39, 0.29) is 29.7 Å². The predicted molar refractivity (Wildman–Crippen MR) is 131 cm³/mol. The molecule has 176 valence electrons. The minimum Gasteiger partial charge on any atom is -0.333 e. The number of anilines is 1. The van der Waals surface area contributed by atoms with Crippen molar-refractivity contribution in [2.75, 3.05) is 18.4 Å². The summed E-state index contributed by atoms with van der Waals surface area (Å²) in [4.78, 5) is 27.6. The first kappa shape index (κ1) is 25.6. The van der Waals surface area contributed by atoms with Gasteiger partial charge in [-0.1, -0.05) is 59.6 Å². The highest BCUT2D eigenvalue weighted by Gasteiger charge is 2.25. The molecule has 0 aliphatic heterocycles. The fraction of sp³-hybridized carbons (Fsp3) is 0.577. The van der Waals surface area contributed by atoms with E-state index in [1.54, 1.807) is 9.58 Å². The molecule has 0 aliphatic rings. The van der Waals surface area contributed by atoms with Crippen LogP contribution in [0.15, 0.2) is 30.3 Å². The number of hydrogen-bond acceptors (Lipinski definition) is 3. The Balaban J connectivity index is 2.24. The Morgan fingerprint density at radius 2 is 1.88 bits per heavy atom. The van der Waals surface area contributed by atoms with Crippen molar-refractivity contribution in [3.63, 3.8) is 0 Å². The molecule has 0 fully saturated rings. The van der Waals surface area contributed by atoms with Gasteiger partial charge < -0.3 is 10.2 Å². The summed E-state index contributed by atoms with van der Waals surface area (Å²) in [5, 5.41) is 7.79. The number of aryl methyl sites for hydroxylation is 1. The van der Waals surface area contributed by atoms with Gasteiger partial charge in [-0.25, -0.2) is 4.68 Å². The Labute approximate surface area is 193 Å². The van der Waals surface area contributed by atoms with Crippen molar-refractivity contribution in [2.24, 2.45) is 5.92 Å². The molecule has 2 amide bonds. The van der Waals surface area contributed by atoms with E-state index in [0.717, 1.165) is 42.6 Å². The molecule has 2 rings (SSSR count). The summed E-state index contributed by atoms with van der Waals surface area (Å²) in [6.07, 6.45) is 3.76. The summed E-state index contributed by atoms with van der Waals surface area (Å²) in [5.41, 5.74) is 2.74. The second kappa shape index (κ2) is 11.3.